The molecule has 0 aliphatic rings. The van der Waals surface area contributed by atoms with Gasteiger partial charge in [-0.1, -0.05) is 18.2 Å². The van der Waals surface area contributed by atoms with Crippen LogP contribution >= 0.6 is 11.3 Å². The predicted molar refractivity (Wildman–Crippen MR) is 81.8 cm³/mol. The average molecular weight is 297 g/mol. The van der Waals surface area contributed by atoms with E-state index in [0.29, 0.717) is 21.9 Å². The summed E-state index contributed by atoms with van der Waals surface area (Å²) >= 11 is 1.22. The van der Waals surface area contributed by atoms with Gasteiger partial charge >= 0.3 is 0 Å². The van der Waals surface area contributed by atoms with Gasteiger partial charge in [0.15, 0.2) is 10.9 Å². The molecule has 0 aliphatic carbocycles. The number of para-hydroxylation sites is 1. The molecule has 0 bridgehead atoms. The van der Waals surface area contributed by atoms with Crippen LogP contribution in [0, 0.1) is 0 Å². The van der Waals surface area contributed by atoms with Crippen molar-refractivity contribution in [2.45, 2.75) is 6.92 Å². The highest BCUT2D eigenvalue weighted by Crippen LogP contribution is 2.20. The summed E-state index contributed by atoms with van der Waals surface area (Å²) in [4.78, 5) is 31.9. The number of aromatic nitrogens is 2. The molecule has 21 heavy (non-hydrogen) atoms. The maximum atomic E-state index is 12.3. The number of Topliss-reactive ketones (excluding diaryl/α,β-unsaturated/α-hetero) is 1. The van der Waals surface area contributed by atoms with E-state index in [2.05, 4.69) is 15.3 Å². The highest BCUT2D eigenvalue weighted by molar-refractivity contribution is 7.14. The first-order valence-electron chi connectivity index (χ1n) is 6.27. The van der Waals surface area contributed by atoms with E-state index in [1.165, 1.54) is 18.3 Å². The van der Waals surface area contributed by atoms with Gasteiger partial charge < -0.3 is 0 Å². The average Bonchev–Trinajstić information content (AvgIpc) is 2.95. The van der Waals surface area contributed by atoms with E-state index in [4.69, 9.17) is 0 Å². The Labute approximate surface area is 124 Å². The topological polar surface area (TPSA) is 72.0 Å². The third kappa shape index (κ3) is 2.66. The smallest absolute Gasteiger partial charge is 0.259 e. The van der Waals surface area contributed by atoms with Crippen LogP contribution in [0.1, 0.15) is 27.8 Å². The van der Waals surface area contributed by atoms with Crippen LogP contribution in [0.25, 0.3) is 10.9 Å². The molecule has 0 atom stereocenters. The molecule has 0 aliphatic heterocycles. The molecule has 0 unspecified atom stereocenters. The second-order valence-corrected chi connectivity index (χ2v) is 5.29. The molecule has 2 heterocycles. The van der Waals surface area contributed by atoms with Crippen LogP contribution in [0.15, 0.2) is 41.9 Å². The first kappa shape index (κ1) is 13.4. The lowest BCUT2D eigenvalue weighted by atomic mass is 10.1. The minimum atomic E-state index is -0.288. The second-order valence-electron chi connectivity index (χ2n) is 4.43. The Hall–Kier alpha value is -2.60. The number of nitrogens with one attached hydrogen (secondary N) is 1. The van der Waals surface area contributed by atoms with Gasteiger partial charge in [-0.3, -0.25) is 19.9 Å². The molecule has 3 rings (SSSR count). The van der Waals surface area contributed by atoms with Crippen molar-refractivity contribution in [2.24, 2.45) is 0 Å². The molecule has 1 aromatic carbocycles. The minimum Gasteiger partial charge on any atom is -0.298 e. The predicted octanol–water partition coefficient (Wildman–Crippen LogP) is 3.15. The molecule has 0 saturated carbocycles. The van der Waals surface area contributed by atoms with Gasteiger partial charge in [0.1, 0.15) is 5.69 Å². The Bertz CT molecular complexity index is 836. The summed E-state index contributed by atoms with van der Waals surface area (Å²) in [5.41, 5.74) is 1.47. The van der Waals surface area contributed by atoms with Crippen molar-refractivity contribution in [1.29, 1.82) is 0 Å². The number of fused-ring (bicyclic) bond motifs is 1. The molecular formula is C15H11N3O2S. The normalized spacial score (nSPS) is 10.5. The molecule has 5 nitrogen and oxygen atoms in total. The molecule has 1 amide bonds. The van der Waals surface area contributed by atoms with Gasteiger partial charge in [0.25, 0.3) is 5.91 Å². The van der Waals surface area contributed by atoms with E-state index in [9.17, 15) is 9.59 Å². The molecule has 0 radical (unpaired) electrons. The second kappa shape index (κ2) is 5.41. The number of carbonyl (C=O) groups is 2. The summed E-state index contributed by atoms with van der Waals surface area (Å²) in [6.45, 7) is 1.44. The SMILES string of the molecule is CC(=O)c1csc(NC(=O)c2cccc3cccnc23)n1. The Morgan fingerprint density at radius 3 is 2.76 bits per heavy atom. The number of thiazole rings is 1. The Morgan fingerprint density at radius 1 is 1.19 bits per heavy atom. The molecule has 0 fully saturated rings. The molecule has 1 N–H and O–H groups in total. The van der Waals surface area contributed by atoms with E-state index < -0.39 is 0 Å². The maximum Gasteiger partial charge on any atom is 0.259 e. The molecule has 104 valence electrons. The van der Waals surface area contributed by atoms with Gasteiger partial charge in [-0.2, -0.15) is 0 Å². The van der Waals surface area contributed by atoms with Crippen LogP contribution < -0.4 is 5.32 Å². The highest BCUT2D eigenvalue weighted by Gasteiger charge is 2.13. The summed E-state index contributed by atoms with van der Waals surface area (Å²) in [5, 5.41) is 5.62. The van der Waals surface area contributed by atoms with E-state index >= 15 is 0 Å². The summed E-state index contributed by atoms with van der Waals surface area (Å²) in [7, 11) is 0. The monoisotopic (exact) mass is 297 g/mol. The zero-order chi connectivity index (χ0) is 14.8. The zero-order valence-corrected chi connectivity index (χ0v) is 12.0. The van der Waals surface area contributed by atoms with Crippen molar-refractivity contribution in [3.05, 3.63) is 53.2 Å². The molecule has 3 aromatic rings. The van der Waals surface area contributed by atoms with E-state index in [-0.39, 0.29) is 11.7 Å². The Kier molecular flexibility index (Phi) is 3.45. The number of rotatable bonds is 3. The van der Waals surface area contributed by atoms with Crippen LogP contribution in [0.4, 0.5) is 5.13 Å². The number of pyridine rings is 1. The number of ketones is 1. The van der Waals surface area contributed by atoms with Crippen molar-refractivity contribution < 1.29 is 9.59 Å². The number of benzene rings is 1. The molecular weight excluding hydrogens is 286 g/mol. The quantitative estimate of drug-likeness (QED) is 0.754. The summed E-state index contributed by atoms with van der Waals surface area (Å²) in [6, 6.07) is 9.14. The fraction of sp³-hybridized carbons (Fsp3) is 0.0667. The number of amides is 1. The lowest BCUT2D eigenvalue weighted by Crippen LogP contribution is -2.12. The van der Waals surface area contributed by atoms with Crippen LogP contribution in [-0.2, 0) is 0 Å². The molecule has 0 saturated heterocycles. The van der Waals surface area contributed by atoms with Crippen molar-refractivity contribution in [2.75, 3.05) is 5.32 Å². The Morgan fingerprint density at radius 2 is 2.00 bits per heavy atom. The molecule has 6 heteroatoms. The van der Waals surface area contributed by atoms with Crippen molar-refractivity contribution in [1.82, 2.24) is 9.97 Å². The summed E-state index contributed by atoms with van der Waals surface area (Å²) < 4.78 is 0. The third-order valence-corrected chi connectivity index (χ3v) is 3.72. The number of nitrogens with zero attached hydrogens (tertiary/aromatic N) is 2. The Balaban J connectivity index is 1.91. The lowest BCUT2D eigenvalue weighted by Gasteiger charge is -2.04. The van der Waals surface area contributed by atoms with Crippen LogP contribution in [0.3, 0.4) is 0 Å². The summed E-state index contributed by atoms with van der Waals surface area (Å²) in [5.74, 6) is -0.415. The number of carbonyl (C=O) groups excluding carboxylic acids is 2. The number of hydrogen-bond donors (Lipinski definition) is 1. The fourth-order valence-corrected chi connectivity index (χ4v) is 2.69. The van der Waals surface area contributed by atoms with Crippen LogP contribution in [0.2, 0.25) is 0 Å². The first-order chi connectivity index (χ1) is 10.1. The van der Waals surface area contributed by atoms with Gasteiger partial charge in [-0.15, -0.1) is 11.3 Å². The van der Waals surface area contributed by atoms with Gasteiger partial charge in [0.2, 0.25) is 0 Å². The van der Waals surface area contributed by atoms with Gasteiger partial charge in [-0.25, -0.2) is 4.98 Å². The van der Waals surface area contributed by atoms with Crippen LogP contribution in [0.5, 0.6) is 0 Å². The minimum absolute atomic E-state index is 0.126. The summed E-state index contributed by atoms with van der Waals surface area (Å²) in [6.07, 6.45) is 1.65. The maximum absolute atomic E-state index is 12.3. The van der Waals surface area contributed by atoms with Crippen molar-refractivity contribution in [3.8, 4) is 0 Å². The number of hydrogen-bond acceptors (Lipinski definition) is 5. The van der Waals surface area contributed by atoms with Crippen molar-refractivity contribution in [3.63, 3.8) is 0 Å². The van der Waals surface area contributed by atoms with E-state index in [1.807, 2.05) is 24.3 Å². The van der Waals surface area contributed by atoms with E-state index in [1.54, 1.807) is 17.6 Å². The number of anilines is 1. The molecule has 0 spiro atoms. The van der Waals surface area contributed by atoms with E-state index in [0.717, 1.165) is 5.39 Å². The van der Waals surface area contributed by atoms with Gasteiger partial charge in [0, 0.05) is 23.9 Å². The first-order valence-corrected chi connectivity index (χ1v) is 7.14. The zero-order valence-electron chi connectivity index (χ0n) is 11.2. The highest BCUT2D eigenvalue weighted by atomic mass is 32.1. The standard InChI is InChI=1S/C15H11N3O2S/c1-9(19)12-8-21-15(17-12)18-14(20)11-6-2-4-10-5-3-7-16-13(10)11/h2-8H,1H3,(H,17,18,20). The lowest BCUT2D eigenvalue weighted by molar-refractivity contribution is 0.100. The fourth-order valence-electron chi connectivity index (χ4n) is 1.94. The molecule has 2 aromatic heterocycles. The van der Waals surface area contributed by atoms with Crippen molar-refractivity contribution >= 4 is 39.1 Å². The third-order valence-electron chi connectivity index (χ3n) is 2.96. The largest absolute Gasteiger partial charge is 0.298 e. The van der Waals surface area contributed by atoms with Gasteiger partial charge in [-0.05, 0) is 12.1 Å². The van der Waals surface area contributed by atoms with Gasteiger partial charge in [0.05, 0.1) is 11.1 Å². The van der Waals surface area contributed by atoms with Crippen LogP contribution in [-0.4, -0.2) is 21.7 Å².